The summed E-state index contributed by atoms with van der Waals surface area (Å²) in [6.45, 7) is 4.99. The Balaban J connectivity index is 1.33. The van der Waals surface area contributed by atoms with Crippen molar-refractivity contribution in [1.29, 1.82) is 0 Å². The van der Waals surface area contributed by atoms with Crippen LogP contribution in [0.4, 0.5) is 11.8 Å². The smallest absolute Gasteiger partial charge is 0.232 e. The van der Waals surface area contributed by atoms with E-state index >= 15 is 0 Å². The maximum absolute atomic E-state index is 6.37. The molecule has 2 aromatic heterocycles. The number of anilines is 2. The maximum Gasteiger partial charge on any atom is 0.232 e. The minimum atomic E-state index is 0.00714. The van der Waals surface area contributed by atoms with E-state index in [4.69, 9.17) is 33.8 Å². The van der Waals surface area contributed by atoms with Crippen molar-refractivity contribution in [1.82, 2.24) is 25.3 Å². The van der Waals surface area contributed by atoms with Gasteiger partial charge in [0, 0.05) is 48.5 Å². The van der Waals surface area contributed by atoms with Crippen LogP contribution in [-0.2, 0) is 5.41 Å². The summed E-state index contributed by atoms with van der Waals surface area (Å²) in [4.78, 5) is 20.7. The number of nitrogens with zero attached hydrogens (tertiary/aromatic N) is 5. The van der Waals surface area contributed by atoms with E-state index in [9.17, 15) is 0 Å². The lowest BCUT2D eigenvalue weighted by atomic mass is 9.69. The highest BCUT2D eigenvalue weighted by molar-refractivity contribution is 7.99. The molecule has 2 fully saturated rings. The first-order valence-corrected chi connectivity index (χ1v) is 15.0. The molecule has 2 N–H and O–H groups in total. The van der Waals surface area contributed by atoms with E-state index in [0.717, 1.165) is 54.8 Å². The molecule has 0 radical (unpaired) electrons. The summed E-state index contributed by atoms with van der Waals surface area (Å²) in [7, 11) is 0. The second-order valence-electron chi connectivity index (χ2n) is 10.4. The predicted molar refractivity (Wildman–Crippen MR) is 159 cm³/mol. The molecule has 2 aliphatic rings. The van der Waals surface area contributed by atoms with Crippen molar-refractivity contribution >= 4 is 52.5 Å². The predicted octanol–water partition coefficient (Wildman–Crippen LogP) is 6.50. The summed E-state index contributed by atoms with van der Waals surface area (Å²) >= 11 is 13.5. The molecule has 1 saturated heterocycles. The van der Waals surface area contributed by atoms with Gasteiger partial charge in [0.15, 0.2) is 10.3 Å². The number of hydrogen-bond acceptors (Lipinski definition) is 7. The summed E-state index contributed by atoms with van der Waals surface area (Å²) in [5.74, 6) is 2.01. The molecule has 0 spiro atoms. The van der Waals surface area contributed by atoms with E-state index in [1.165, 1.54) is 43.0 Å². The second-order valence-corrected chi connectivity index (χ2v) is 12.2. The Hall–Kier alpha value is -2.49. The zero-order valence-electron chi connectivity index (χ0n) is 21.7. The summed E-state index contributed by atoms with van der Waals surface area (Å²) < 4.78 is 0. The fourth-order valence-electron chi connectivity index (χ4n) is 5.52. The highest BCUT2D eigenvalue weighted by atomic mass is 35.5. The average Bonchev–Trinajstić information content (AvgIpc) is 2.93. The summed E-state index contributed by atoms with van der Waals surface area (Å²) in [5, 5.41) is 9.49. The van der Waals surface area contributed by atoms with E-state index in [2.05, 4.69) is 44.6 Å². The summed E-state index contributed by atoms with van der Waals surface area (Å²) in [6, 6.07) is 12.1. The molecule has 0 unspecified atom stereocenters. The third kappa shape index (κ3) is 6.93. The third-order valence-corrected chi connectivity index (χ3v) is 8.76. The van der Waals surface area contributed by atoms with Crippen molar-refractivity contribution in [3.05, 3.63) is 59.4 Å². The van der Waals surface area contributed by atoms with Crippen molar-refractivity contribution in [2.75, 3.05) is 29.9 Å². The summed E-state index contributed by atoms with van der Waals surface area (Å²) in [5.41, 5.74) is 1.28. The average molecular weight is 568 g/mol. The van der Waals surface area contributed by atoms with E-state index in [1.54, 1.807) is 12.4 Å². The number of nitrogens with one attached hydrogen (secondary N) is 2. The molecule has 1 atom stereocenters. The van der Waals surface area contributed by atoms with E-state index < -0.39 is 0 Å². The minimum absolute atomic E-state index is 0.00714. The number of piperidine rings is 1. The van der Waals surface area contributed by atoms with Gasteiger partial charge in [-0.15, -0.1) is 0 Å². The van der Waals surface area contributed by atoms with Crippen molar-refractivity contribution in [3.63, 3.8) is 0 Å². The number of halogens is 1. The molecule has 3 aromatic rings. The first-order chi connectivity index (χ1) is 18.5. The number of benzene rings is 1. The van der Waals surface area contributed by atoms with E-state index in [1.807, 2.05) is 24.3 Å². The number of rotatable bonds is 7. The fourth-order valence-corrected chi connectivity index (χ4v) is 6.59. The van der Waals surface area contributed by atoms with Crippen molar-refractivity contribution in [2.24, 2.45) is 5.92 Å². The molecule has 3 heterocycles. The van der Waals surface area contributed by atoms with Gasteiger partial charge in [-0.2, -0.15) is 4.98 Å². The van der Waals surface area contributed by atoms with Crippen LogP contribution in [0.25, 0.3) is 0 Å². The molecule has 0 amide bonds. The van der Waals surface area contributed by atoms with Gasteiger partial charge in [0.2, 0.25) is 5.95 Å². The SMILES string of the molecule is C[C@@H]1CCCN(c2cc(Sc3ncccn3)nc(NC(=S)NCC3(c4cccc(Cl)c4)CCCCC3)n2)C1. The maximum atomic E-state index is 6.37. The van der Waals surface area contributed by atoms with Crippen LogP contribution < -0.4 is 15.5 Å². The molecule has 5 rings (SSSR count). The Morgan fingerprint density at radius 1 is 1.11 bits per heavy atom. The minimum Gasteiger partial charge on any atom is -0.361 e. The molecule has 1 aliphatic carbocycles. The highest BCUT2D eigenvalue weighted by Gasteiger charge is 2.34. The molecule has 1 saturated carbocycles. The zero-order chi connectivity index (χ0) is 26.4. The Kier molecular flexibility index (Phi) is 8.97. The molecule has 10 heteroatoms. The van der Waals surface area contributed by atoms with Gasteiger partial charge in [0.05, 0.1) is 0 Å². The Labute approximate surface area is 239 Å². The molecule has 1 aliphatic heterocycles. The molecule has 0 bridgehead atoms. The van der Waals surface area contributed by atoms with Crippen molar-refractivity contribution in [2.45, 2.75) is 67.5 Å². The lowest BCUT2D eigenvalue weighted by Crippen LogP contribution is -2.43. The molecular formula is C28H34ClN7S2. The zero-order valence-corrected chi connectivity index (χ0v) is 24.1. The van der Waals surface area contributed by atoms with Crippen LogP contribution in [0.15, 0.2) is 59.0 Å². The van der Waals surface area contributed by atoms with Crippen LogP contribution >= 0.6 is 35.6 Å². The topological polar surface area (TPSA) is 78.9 Å². The molecular weight excluding hydrogens is 534 g/mol. The van der Waals surface area contributed by atoms with Crippen molar-refractivity contribution < 1.29 is 0 Å². The van der Waals surface area contributed by atoms with Gasteiger partial charge in [-0.1, -0.05) is 49.9 Å². The molecule has 200 valence electrons. The van der Waals surface area contributed by atoms with Gasteiger partial charge in [0.1, 0.15) is 10.8 Å². The Morgan fingerprint density at radius 3 is 2.68 bits per heavy atom. The van der Waals surface area contributed by atoms with Gasteiger partial charge in [-0.3, -0.25) is 0 Å². The summed E-state index contributed by atoms with van der Waals surface area (Å²) in [6.07, 6.45) is 11.8. The molecule has 1 aromatic carbocycles. The highest BCUT2D eigenvalue weighted by Crippen LogP contribution is 2.40. The quantitative estimate of drug-likeness (QED) is 0.189. The normalized spacial score (nSPS) is 19.1. The lowest BCUT2D eigenvalue weighted by Gasteiger charge is -2.38. The van der Waals surface area contributed by atoms with Gasteiger partial charge >= 0.3 is 0 Å². The van der Waals surface area contributed by atoms with E-state index in [-0.39, 0.29) is 5.41 Å². The van der Waals surface area contributed by atoms with Crippen LogP contribution in [0, 0.1) is 5.92 Å². The van der Waals surface area contributed by atoms with Gasteiger partial charge in [-0.25, -0.2) is 15.0 Å². The second kappa shape index (κ2) is 12.6. The van der Waals surface area contributed by atoms with Gasteiger partial charge < -0.3 is 15.5 Å². The molecule has 7 nitrogen and oxygen atoms in total. The Morgan fingerprint density at radius 2 is 1.92 bits per heavy atom. The number of hydrogen-bond donors (Lipinski definition) is 2. The van der Waals surface area contributed by atoms with Crippen LogP contribution in [0.3, 0.4) is 0 Å². The fraction of sp³-hybridized carbons (Fsp3) is 0.464. The van der Waals surface area contributed by atoms with Gasteiger partial charge in [-0.05, 0) is 79.3 Å². The van der Waals surface area contributed by atoms with Crippen molar-refractivity contribution in [3.8, 4) is 0 Å². The van der Waals surface area contributed by atoms with Crippen LogP contribution in [-0.4, -0.2) is 44.7 Å². The van der Waals surface area contributed by atoms with Crippen LogP contribution in [0.5, 0.6) is 0 Å². The monoisotopic (exact) mass is 567 g/mol. The number of thiocarbonyl (C=S) groups is 1. The lowest BCUT2D eigenvalue weighted by molar-refractivity contribution is 0.292. The number of aromatic nitrogens is 4. The van der Waals surface area contributed by atoms with E-state index in [0.29, 0.717) is 22.1 Å². The third-order valence-electron chi connectivity index (χ3n) is 7.47. The first kappa shape index (κ1) is 27.1. The van der Waals surface area contributed by atoms with Crippen LogP contribution in [0.1, 0.15) is 57.4 Å². The molecule has 38 heavy (non-hydrogen) atoms. The van der Waals surface area contributed by atoms with Gasteiger partial charge in [0.25, 0.3) is 0 Å². The first-order valence-electron chi connectivity index (χ1n) is 13.4. The largest absolute Gasteiger partial charge is 0.361 e. The standard InChI is InChI=1S/C28H34ClN7S2/c1-20-8-6-15-36(18-20)23-17-24(38-27-30-13-7-14-31-27)34-25(33-23)35-26(37)32-19-28(11-3-2-4-12-28)21-9-5-10-22(29)16-21/h5,7,9-10,13-14,16-17,20H,2-4,6,8,11-12,15,18-19H2,1H3,(H2,32,33,34,35,37)/t20-/m1/s1. The van der Waals surface area contributed by atoms with Crippen LogP contribution in [0.2, 0.25) is 5.02 Å². The Bertz CT molecular complexity index is 1240.